The number of fused-ring (bicyclic) bond motifs is 3. The zero-order valence-electron chi connectivity index (χ0n) is 25.0. The Morgan fingerprint density at radius 1 is 0.822 bits per heavy atom. The third kappa shape index (κ3) is 5.10. The Kier molecular flexibility index (Phi) is 7.25. The summed E-state index contributed by atoms with van der Waals surface area (Å²) in [6, 6.07) is 30.6. The molecular weight excluding hydrogens is 603 g/mol. The number of anilines is 2. The third-order valence-electron chi connectivity index (χ3n) is 8.56. The smallest absolute Gasteiger partial charge is 0.308 e. The molecule has 0 bridgehead atoms. The standard InChI is InChI=1S/C36H31N3O4S2/c1-36(2,3)23-18-16-22(17-19-23)28-29-30(33(42)39(32(29)41)24-12-5-4-6-13-24)44-34-31(28)45-35(43)38(34)20-27(40)37-26-15-9-11-21-10-7-8-14-25(21)26/h4-19,28-30H,20H2,1-3H3,(H,37,40). The SMILES string of the molecule is CC(C)(C)c1ccc(C2c3sc(=O)n(CC(=O)Nc4cccc5ccccc45)c3SC3C(=O)N(c4ccccc4)C(=O)C32)cc1. The number of carbonyl (C=O) groups excluding carboxylic acids is 3. The molecule has 1 saturated heterocycles. The Morgan fingerprint density at radius 3 is 2.24 bits per heavy atom. The number of thiazole rings is 1. The van der Waals surface area contributed by atoms with Gasteiger partial charge in [-0.1, -0.05) is 123 Å². The van der Waals surface area contributed by atoms with E-state index in [1.165, 1.54) is 21.2 Å². The first-order valence-electron chi connectivity index (χ1n) is 14.8. The van der Waals surface area contributed by atoms with Crippen LogP contribution in [0.1, 0.15) is 42.7 Å². The topological polar surface area (TPSA) is 88.5 Å². The quantitative estimate of drug-likeness (QED) is 0.215. The molecule has 226 valence electrons. The number of nitrogens with one attached hydrogen (secondary N) is 1. The number of amides is 3. The van der Waals surface area contributed by atoms with Gasteiger partial charge in [-0.15, -0.1) is 0 Å². The summed E-state index contributed by atoms with van der Waals surface area (Å²) in [5, 5.41) is 4.71. The fraction of sp³-hybridized carbons (Fsp3) is 0.222. The largest absolute Gasteiger partial charge is 0.324 e. The number of thioether (sulfide) groups is 1. The van der Waals surface area contributed by atoms with Gasteiger partial charge in [0.1, 0.15) is 11.8 Å². The van der Waals surface area contributed by atoms with E-state index in [-0.39, 0.29) is 34.6 Å². The highest BCUT2D eigenvalue weighted by atomic mass is 32.2. The Bertz CT molecular complexity index is 2020. The number of para-hydroxylation sites is 1. The Labute approximate surface area is 268 Å². The molecule has 3 unspecified atom stereocenters. The van der Waals surface area contributed by atoms with Gasteiger partial charge < -0.3 is 5.32 Å². The molecule has 3 atom stereocenters. The van der Waals surface area contributed by atoms with Crippen LogP contribution in [0.15, 0.2) is 107 Å². The molecule has 2 aliphatic heterocycles. The summed E-state index contributed by atoms with van der Waals surface area (Å²) in [4.78, 5) is 56.7. The molecule has 0 radical (unpaired) electrons. The van der Waals surface area contributed by atoms with Crippen molar-refractivity contribution in [2.24, 2.45) is 5.92 Å². The van der Waals surface area contributed by atoms with Crippen LogP contribution in [0.2, 0.25) is 0 Å². The summed E-state index contributed by atoms with van der Waals surface area (Å²) in [6.45, 7) is 6.21. The van der Waals surface area contributed by atoms with Crippen molar-refractivity contribution >= 4 is 63.0 Å². The highest BCUT2D eigenvalue weighted by Gasteiger charge is 2.56. The van der Waals surface area contributed by atoms with Gasteiger partial charge in [-0.2, -0.15) is 0 Å². The summed E-state index contributed by atoms with van der Waals surface area (Å²) in [5.41, 5.74) is 3.13. The number of hydrogen-bond acceptors (Lipinski definition) is 6. The van der Waals surface area contributed by atoms with E-state index in [4.69, 9.17) is 0 Å². The Hall–Kier alpha value is -4.47. The molecule has 0 spiro atoms. The molecule has 0 saturated carbocycles. The molecule has 1 N–H and O–H groups in total. The van der Waals surface area contributed by atoms with Crippen LogP contribution in [0.3, 0.4) is 0 Å². The Balaban J connectivity index is 1.29. The second-order valence-corrected chi connectivity index (χ2v) is 14.6. The summed E-state index contributed by atoms with van der Waals surface area (Å²) in [6.07, 6.45) is 0. The van der Waals surface area contributed by atoms with E-state index < -0.39 is 17.1 Å². The maximum atomic E-state index is 14.1. The van der Waals surface area contributed by atoms with Crippen LogP contribution in [-0.2, 0) is 26.3 Å². The zero-order valence-corrected chi connectivity index (χ0v) is 26.7. The average molecular weight is 634 g/mol. The minimum absolute atomic E-state index is 0.0660. The number of carbonyl (C=O) groups is 3. The van der Waals surface area contributed by atoms with Gasteiger partial charge in [0.05, 0.1) is 16.6 Å². The van der Waals surface area contributed by atoms with E-state index in [1.54, 1.807) is 24.3 Å². The number of imide groups is 1. The normalized spacial score (nSPS) is 19.4. The molecule has 4 aromatic carbocycles. The van der Waals surface area contributed by atoms with E-state index in [2.05, 4.69) is 38.2 Å². The number of hydrogen-bond donors (Lipinski definition) is 1. The number of benzene rings is 4. The van der Waals surface area contributed by atoms with Crippen LogP contribution < -0.4 is 15.1 Å². The summed E-state index contributed by atoms with van der Waals surface area (Å²) in [7, 11) is 0. The Morgan fingerprint density at radius 2 is 1.51 bits per heavy atom. The van der Waals surface area contributed by atoms with Crippen LogP contribution in [0.25, 0.3) is 10.8 Å². The van der Waals surface area contributed by atoms with Gasteiger partial charge in [-0.3, -0.25) is 23.7 Å². The van der Waals surface area contributed by atoms with Gasteiger partial charge in [0.2, 0.25) is 17.7 Å². The molecule has 7 nitrogen and oxygen atoms in total. The fourth-order valence-corrected chi connectivity index (χ4v) is 9.08. The fourth-order valence-electron chi connectivity index (χ4n) is 6.30. The highest BCUT2D eigenvalue weighted by molar-refractivity contribution is 8.00. The van der Waals surface area contributed by atoms with Gasteiger partial charge in [0.25, 0.3) is 0 Å². The lowest BCUT2D eigenvalue weighted by atomic mass is 9.81. The highest BCUT2D eigenvalue weighted by Crippen LogP contribution is 2.54. The number of aromatic nitrogens is 1. The zero-order chi connectivity index (χ0) is 31.5. The summed E-state index contributed by atoms with van der Waals surface area (Å²) < 4.78 is 1.46. The maximum absolute atomic E-state index is 14.1. The van der Waals surface area contributed by atoms with Crippen molar-refractivity contribution < 1.29 is 14.4 Å². The van der Waals surface area contributed by atoms with Crippen molar-refractivity contribution in [2.75, 3.05) is 10.2 Å². The van der Waals surface area contributed by atoms with Crippen molar-refractivity contribution in [3.8, 4) is 0 Å². The molecule has 0 aliphatic carbocycles. The average Bonchev–Trinajstić information content (AvgIpc) is 3.47. The lowest BCUT2D eigenvalue weighted by molar-refractivity contribution is -0.122. The van der Waals surface area contributed by atoms with Gasteiger partial charge in [-0.25, -0.2) is 4.90 Å². The van der Waals surface area contributed by atoms with Gasteiger partial charge >= 0.3 is 4.87 Å². The van der Waals surface area contributed by atoms with E-state index in [9.17, 15) is 19.2 Å². The van der Waals surface area contributed by atoms with Crippen molar-refractivity contribution in [2.45, 2.75) is 48.9 Å². The molecule has 3 heterocycles. The molecule has 3 amide bonds. The van der Waals surface area contributed by atoms with E-state index in [0.29, 0.717) is 21.3 Å². The number of nitrogens with zero attached hydrogens (tertiary/aromatic N) is 2. The second-order valence-electron chi connectivity index (χ2n) is 12.5. The molecule has 1 aromatic heterocycles. The van der Waals surface area contributed by atoms with E-state index in [0.717, 1.165) is 33.2 Å². The lowest BCUT2D eigenvalue weighted by Crippen LogP contribution is -2.33. The lowest BCUT2D eigenvalue weighted by Gasteiger charge is -2.31. The predicted octanol–water partition coefficient (Wildman–Crippen LogP) is 6.80. The molecule has 5 aromatic rings. The first kappa shape index (κ1) is 29.3. The minimum atomic E-state index is -0.737. The maximum Gasteiger partial charge on any atom is 0.308 e. The van der Waals surface area contributed by atoms with Crippen molar-refractivity contribution in [3.05, 3.63) is 123 Å². The van der Waals surface area contributed by atoms with Gasteiger partial charge in [-0.05, 0) is 40.1 Å². The molecule has 7 rings (SSSR count). The van der Waals surface area contributed by atoms with Crippen molar-refractivity contribution in [3.63, 3.8) is 0 Å². The first-order valence-corrected chi connectivity index (χ1v) is 16.5. The first-order chi connectivity index (χ1) is 21.6. The van der Waals surface area contributed by atoms with Gasteiger partial charge in [0, 0.05) is 21.9 Å². The number of rotatable bonds is 5. The van der Waals surface area contributed by atoms with Crippen LogP contribution in [-0.4, -0.2) is 27.5 Å². The van der Waals surface area contributed by atoms with E-state index in [1.807, 2.05) is 60.7 Å². The third-order valence-corrected chi connectivity index (χ3v) is 11.2. The predicted molar refractivity (Wildman–Crippen MR) is 180 cm³/mol. The molecule has 2 aliphatic rings. The molecule has 45 heavy (non-hydrogen) atoms. The molecular formula is C36H31N3O4S2. The monoisotopic (exact) mass is 633 g/mol. The van der Waals surface area contributed by atoms with Crippen LogP contribution >= 0.6 is 23.1 Å². The van der Waals surface area contributed by atoms with Crippen molar-refractivity contribution in [1.29, 1.82) is 0 Å². The molecule has 1 fully saturated rings. The van der Waals surface area contributed by atoms with E-state index >= 15 is 0 Å². The van der Waals surface area contributed by atoms with Crippen LogP contribution in [0.4, 0.5) is 11.4 Å². The minimum Gasteiger partial charge on any atom is -0.324 e. The van der Waals surface area contributed by atoms with Crippen LogP contribution in [0, 0.1) is 5.92 Å². The second kappa shape index (κ2) is 11.2. The summed E-state index contributed by atoms with van der Waals surface area (Å²) in [5.74, 6) is -2.13. The van der Waals surface area contributed by atoms with Gasteiger partial charge in [0.15, 0.2) is 0 Å². The van der Waals surface area contributed by atoms with Crippen LogP contribution in [0.5, 0.6) is 0 Å². The summed E-state index contributed by atoms with van der Waals surface area (Å²) >= 11 is 2.28. The van der Waals surface area contributed by atoms with Crippen molar-refractivity contribution in [1.82, 2.24) is 4.57 Å². The molecule has 9 heteroatoms.